The Kier molecular flexibility index (Phi) is 9.96. The summed E-state index contributed by atoms with van der Waals surface area (Å²) in [6, 6.07) is 29.7. The molecule has 5 rings (SSSR count). The van der Waals surface area contributed by atoms with Crippen LogP contribution >= 0.6 is 0 Å². The maximum absolute atomic E-state index is 12.9. The van der Waals surface area contributed by atoms with Crippen molar-refractivity contribution in [1.82, 2.24) is 0 Å². The van der Waals surface area contributed by atoms with E-state index < -0.39 is 32.3 Å². The predicted octanol–water partition coefficient (Wildman–Crippen LogP) is 7.13. The third-order valence-corrected chi connectivity index (χ3v) is 9.56. The molecule has 12 nitrogen and oxygen atoms in total. The number of anilines is 4. The van der Waals surface area contributed by atoms with E-state index >= 15 is 0 Å². The summed E-state index contributed by atoms with van der Waals surface area (Å²) in [6.45, 7) is 3.31. The van der Waals surface area contributed by atoms with E-state index in [9.17, 15) is 26.4 Å². The van der Waals surface area contributed by atoms with Crippen LogP contribution in [0, 0.1) is 13.8 Å². The summed E-state index contributed by atoms with van der Waals surface area (Å²) >= 11 is 0. The summed E-state index contributed by atoms with van der Waals surface area (Å²) < 4.78 is 61.7. The summed E-state index contributed by atoms with van der Waals surface area (Å²) in [5, 5.41) is 10.5. The fourth-order valence-electron chi connectivity index (χ4n) is 4.54. The minimum atomic E-state index is -4.11. The zero-order chi connectivity index (χ0) is 34.3. The van der Waals surface area contributed by atoms with Gasteiger partial charge in [0.15, 0.2) is 0 Å². The summed E-state index contributed by atoms with van der Waals surface area (Å²) in [5.74, 6) is -0.00548. The molecular formula is C34H30N4O8S2. The van der Waals surface area contributed by atoms with Gasteiger partial charge >= 0.3 is 32.3 Å². The van der Waals surface area contributed by atoms with Crippen molar-refractivity contribution in [1.29, 1.82) is 0 Å². The fourth-order valence-corrected chi connectivity index (χ4v) is 6.85. The molecule has 0 radical (unpaired) electrons. The van der Waals surface area contributed by atoms with Crippen LogP contribution in [0.3, 0.4) is 0 Å². The van der Waals surface area contributed by atoms with Crippen LogP contribution in [0.4, 0.5) is 32.3 Å². The molecule has 0 heterocycles. The second kappa shape index (κ2) is 14.3. The number of carbonyl (C=O) groups excluding carboxylic acids is 2. The monoisotopic (exact) mass is 686 g/mol. The Morgan fingerprint density at radius 3 is 1.25 bits per heavy atom. The zero-order valence-electron chi connectivity index (χ0n) is 25.6. The second-order valence-corrected chi connectivity index (χ2v) is 13.4. The van der Waals surface area contributed by atoms with Gasteiger partial charge in [0, 0.05) is 23.5 Å². The number of urea groups is 2. The molecule has 4 amide bonds. The number of nitrogens with one attached hydrogen (secondary N) is 4. The van der Waals surface area contributed by atoms with Crippen molar-refractivity contribution in [3.05, 3.63) is 132 Å². The minimum absolute atomic E-state index is 0.00274. The first kappa shape index (κ1) is 33.5. The minimum Gasteiger partial charge on any atom is -0.379 e. The maximum atomic E-state index is 12.9. The third-order valence-electron chi connectivity index (χ3n) is 6.75. The molecule has 14 heteroatoms. The van der Waals surface area contributed by atoms with Crippen LogP contribution in [0.2, 0.25) is 0 Å². The number of benzene rings is 5. The van der Waals surface area contributed by atoms with E-state index in [2.05, 4.69) is 21.3 Å². The first-order valence-corrected chi connectivity index (χ1v) is 17.2. The highest BCUT2D eigenvalue weighted by Gasteiger charge is 2.20. The van der Waals surface area contributed by atoms with Gasteiger partial charge < -0.3 is 29.6 Å². The van der Waals surface area contributed by atoms with Crippen LogP contribution in [0.25, 0.3) is 0 Å². The van der Waals surface area contributed by atoms with E-state index in [1.54, 1.807) is 86.6 Å². The van der Waals surface area contributed by atoms with Crippen molar-refractivity contribution in [2.75, 3.05) is 21.3 Å². The Bertz CT molecular complexity index is 2050. The number of hydrogen-bond acceptors (Lipinski definition) is 8. The van der Waals surface area contributed by atoms with Crippen LogP contribution < -0.4 is 29.6 Å². The van der Waals surface area contributed by atoms with E-state index in [0.717, 1.165) is 0 Å². The fraction of sp³-hybridized carbons (Fsp3) is 0.0588. The summed E-state index contributed by atoms with van der Waals surface area (Å²) in [6.07, 6.45) is 0. The summed E-state index contributed by atoms with van der Waals surface area (Å²) in [7, 11) is -8.22. The molecule has 5 aromatic rings. The molecule has 0 aliphatic heterocycles. The lowest BCUT2D eigenvalue weighted by molar-refractivity contribution is 0.261. The first-order chi connectivity index (χ1) is 22.9. The first-order valence-electron chi connectivity index (χ1n) is 14.3. The Morgan fingerprint density at radius 1 is 0.479 bits per heavy atom. The van der Waals surface area contributed by atoms with Gasteiger partial charge in [0.1, 0.15) is 21.3 Å². The van der Waals surface area contributed by atoms with Gasteiger partial charge in [-0.25, -0.2) is 9.59 Å². The van der Waals surface area contributed by atoms with Gasteiger partial charge in [-0.05, 0) is 73.5 Å². The lowest BCUT2D eigenvalue weighted by Gasteiger charge is -2.14. The highest BCUT2D eigenvalue weighted by molar-refractivity contribution is 7.87. The normalized spacial score (nSPS) is 11.2. The van der Waals surface area contributed by atoms with Crippen molar-refractivity contribution in [2.45, 2.75) is 23.6 Å². The quantitative estimate of drug-likeness (QED) is 0.113. The Morgan fingerprint density at radius 2 is 0.854 bits per heavy atom. The van der Waals surface area contributed by atoms with E-state index in [1.807, 2.05) is 0 Å². The average Bonchev–Trinajstić information content (AvgIpc) is 3.02. The average molecular weight is 687 g/mol. The van der Waals surface area contributed by atoms with Gasteiger partial charge in [-0.2, -0.15) is 16.8 Å². The molecule has 0 fully saturated rings. The van der Waals surface area contributed by atoms with Crippen molar-refractivity contribution < 1.29 is 34.8 Å². The maximum Gasteiger partial charge on any atom is 0.339 e. The van der Waals surface area contributed by atoms with Crippen molar-refractivity contribution in [3.8, 4) is 11.5 Å². The van der Waals surface area contributed by atoms with E-state index in [1.165, 1.54) is 48.5 Å². The van der Waals surface area contributed by atoms with Gasteiger partial charge in [0.05, 0.1) is 11.4 Å². The molecule has 0 saturated carbocycles. The standard InChI is InChI=1S/C34H30N4O8S2/c1-23-11-3-7-19-31(23)47(41,42)45-27-15-9-13-25(21-27)35-33(39)37-29-17-5-6-18-30(29)38-34(40)36-26-14-10-16-28(22-26)46-48(43,44)32-20-8-4-12-24(32)2/h3-22H,1-2H3,(H2,35,37,39)(H2,36,38,40). The summed E-state index contributed by atoms with van der Waals surface area (Å²) in [4.78, 5) is 25.8. The molecular weight excluding hydrogens is 657 g/mol. The highest BCUT2D eigenvalue weighted by Crippen LogP contribution is 2.27. The van der Waals surface area contributed by atoms with Crippen LogP contribution in [-0.4, -0.2) is 28.9 Å². The number of aryl methyl sites for hydroxylation is 2. The number of hydrogen-bond donors (Lipinski definition) is 4. The van der Waals surface area contributed by atoms with Crippen LogP contribution in [-0.2, 0) is 20.2 Å². The van der Waals surface area contributed by atoms with Crippen LogP contribution in [0.5, 0.6) is 11.5 Å². The third kappa shape index (κ3) is 8.48. The molecule has 246 valence electrons. The lowest BCUT2D eigenvalue weighted by atomic mass is 10.2. The Labute approximate surface area is 278 Å². The van der Waals surface area contributed by atoms with Gasteiger partial charge in [-0.3, -0.25) is 0 Å². The van der Waals surface area contributed by atoms with Crippen LogP contribution in [0.1, 0.15) is 11.1 Å². The molecule has 48 heavy (non-hydrogen) atoms. The van der Waals surface area contributed by atoms with Gasteiger partial charge in [-0.1, -0.05) is 60.7 Å². The Balaban J connectivity index is 1.21. The van der Waals surface area contributed by atoms with Gasteiger partial charge in [-0.15, -0.1) is 0 Å². The Hall–Kier alpha value is -5.86. The van der Waals surface area contributed by atoms with Gasteiger partial charge in [0.2, 0.25) is 0 Å². The topological polar surface area (TPSA) is 169 Å². The van der Waals surface area contributed by atoms with Crippen LogP contribution in [0.15, 0.2) is 131 Å². The molecule has 0 aromatic heterocycles. The molecule has 0 saturated heterocycles. The van der Waals surface area contributed by atoms with Crippen molar-refractivity contribution in [2.24, 2.45) is 0 Å². The van der Waals surface area contributed by atoms with Gasteiger partial charge in [0.25, 0.3) is 0 Å². The number of amides is 4. The largest absolute Gasteiger partial charge is 0.379 e. The zero-order valence-corrected chi connectivity index (χ0v) is 27.3. The molecule has 0 atom stereocenters. The molecule has 5 aromatic carbocycles. The highest BCUT2D eigenvalue weighted by atomic mass is 32.2. The van der Waals surface area contributed by atoms with E-state index in [4.69, 9.17) is 8.37 Å². The lowest BCUT2D eigenvalue weighted by Crippen LogP contribution is -2.23. The van der Waals surface area contributed by atoms with Crippen molar-refractivity contribution in [3.63, 3.8) is 0 Å². The number of para-hydroxylation sites is 2. The van der Waals surface area contributed by atoms with Crippen molar-refractivity contribution >= 4 is 55.0 Å². The number of rotatable bonds is 10. The molecule has 0 unspecified atom stereocenters. The molecule has 4 N–H and O–H groups in total. The smallest absolute Gasteiger partial charge is 0.339 e. The van der Waals surface area contributed by atoms with E-state index in [0.29, 0.717) is 11.1 Å². The predicted molar refractivity (Wildman–Crippen MR) is 183 cm³/mol. The SMILES string of the molecule is Cc1ccccc1S(=O)(=O)Oc1cccc(NC(=O)Nc2ccccc2NC(=O)Nc2cccc(OS(=O)(=O)c3ccccc3C)c2)c1. The molecule has 0 aliphatic carbocycles. The summed E-state index contributed by atoms with van der Waals surface area (Å²) in [5.41, 5.74) is 2.06. The molecule has 0 aliphatic rings. The molecule has 0 bridgehead atoms. The molecule has 0 spiro atoms. The number of carbonyl (C=O) groups is 2. The second-order valence-electron chi connectivity index (χ2n) is 10.4. The van der Waals surface area contributed by atoms with E-state index in [-0.39, 0.29) is 44.0 Å².